The van der Waals surface area contributed by atoms with Crippen LogP contribution in [0.15, 0.2) is 78.9 Å². The molecular formula is C29H35N2OP. The third kappa shape index (κ3) is 4.95. The van der Waals surface area contributed by atoms with E-state index in [4.69, 9.17) is 4.74 Å². The van der Waals surface area contributed by atoms with Gasteiger partial charge in [0.05, 0.1) is 12.8 Å². The Hall–Kier alpha value is -2.35. The maximum atomic E-state index is 6.00. The summed E-state index contributed by atoms with van der Waals surface area (Å²) in [7, 11) is 1.14. The van der Waals surface area contributed by atoms with E-state index in [0.29, 0.717) is 6.04 Å². The van der Waals surface area contributed by atoms with E-state index in [-0.39, 0.29) is 0 Å². The summed E-state index contributed by atoms with van der Waals surface area (Å²) in [5, 5.41) is 4.18. The lowest BCUT2D eigenvalue weighted by Crippen LogP contribution is -2.50. The molecule has 3 aromatic rings. The van der Waals surface area contributed by atoms with Gasteiger partial charge in [-0.3, -0.25) is 4.90 Å². The normalized spacial score (nSPS) is 19.6. The standard InChI is InChI=1S/C29H35N2OP/c1-32-27-18-11-19-28(33(25-14-5-2-6-15-25)26-16-7-3-8-17-26)29(27)31-22-12-13-24(23-31)30-20-9-4-10-21-30/h2-3,5-8,11,14-19,24H,4,9-10,12-13,20-23H2,1H3/t24-/m0/s1. The van der Waals surface area contributed by atoms with E-state index in [1.54, 1.807) is 0 Å². The van der Waals surface area contributed by atoms with Gasteiger partial charge in [-0.2, -0.15) is 0 Å². The Morgan fingerprint density at radius 3 is 2.03 bits per heavy atom. The maximum absolute atomic E-state index is 6.00. The second-order valence-corrected chi connectivity index (χ2v) is 11.4. The highest BCUT2D eigenvalue weighted by Crippen LogP contribution is 2.41. The Labute approximate surface area is 200 Å². The molecule has 2 fully saturated rings. The van der Waals surface area contributed by atoms with Crippen molar-refractivity contribution in [3.8, 4) is 5.75 Å². The van der Waals surface area contributed by atoms with E-state index in [1.165, 1.54) is 66.8 Å². The van der Waals surface area contributed by atoms with E-state index < -0.39 is 7.92 Å². The largest absolute Gasteiger partial charge is 0.495 e. The summed E-state index contributed by atoms with van der Waals surface area (Å²) in [6, 6.07) is 29.4. The SMILES string of the molecule is COc1cccc(P(c2ccccc2)c2ccccc2)c1N1CCC[C@H](N2CCCCC2)C1. The molecule has 172 valence electrons. The molecule has 4 heteroatoms. The summed E-state index contributed by atoms with van der Waals surface area (Å²) < 4.78 is 6.00. The third-order valence-electron chi connectivity index (χ3n) is 7.09. The van der Waals surface area contributed by atoms with Crippen LogP contribution in [0, 0.1) is 0 Å². The fraction of sp³-hybridized carbons (Fsp3) is 0.379. The van der Waals surface area contributed by atoms with E-state index in [1.807, 2.05) is 7.11 Å². The highest BCUT2D eigenvalue weighted by atomic mass is 31.1. The minimum atomic E-state index is -0.678. The van der Waals surface area contributed by atoms with Crippen LogP contribution >= 0.6 is 7.92 Å². The van der Waals surface area contributed by atoms with Crippen LogP contribution in [0.4, 0.5) is 5.69 Å². The molecule has 2 heterocycles. The number of anilines is 1. The Morgan fingerprint density at radius 1 is 0.727 bits per heavy atom. The fourth-order valence-corrected chi connectivity index (χ4v) is 7.99. The van der Waals surface area contributed by atoms with Crippen LogP contribution in [0.5, 0.6) is 5.75 Å². The lowest BCUT2D eigenvalue weighted by molar-refractivity contribution is 0.147. The number of nitrogens with zero attached hydrogens (tertiary/aromatic N) is 2. The van der Waals surface area contributed by atoms with Gasteiger partial charge >= 0.3 is 0 Å². The molecule has 33 heavy (non-hydrogen) atoms. The summed E-state index contributed by atoms with van der Waals surface area (Å²) >= 11 is 0. The number of benzene rings is 3. The molecule has 5 rings (SSSR count). The Balaban J connectivity index is 1.57. The average molecular weight is 459 g/mol. The number of likely N-dealkylation sites (tertiary alicyclic amines) is 1. The molecule has 3 aromatic carbocycles. The molecule has 2 aliphatic rings. The zero-order chi connectivity index (χ0) is 22.5. The molecule has 0 amide bonds. The molecule has 0 radical (unpaired) electrons. The van der Waals surface area contributed by atoms with Gasteiger partial charge in [0, 0.05) is 24.4 Å². The van der Waals surface area contributed by atoms with Crippen LogP contribution in [0.2, 0.25) is 0 Å². The van der Waals surface area contributed by atoms with E-state index in [2.05, 4.69) is 88.7 Å². The Bertz CT molecular complexity index is 981. The highest BCUT2D eigenvalue weighted by Gasteiger charge is 2.31. The summed E-state index contributed by atoms with van der Waals surface area (Å²) in [6.45, 7) is 4.72. The molecule has 0 bridgehead atoms. The van der Waals surface area contributed by atoms with Crippen LogP contribution in [0.25, 0.3) is 0 Å². The highest BCUT2D eigenvalue weighted by molar-refractivity contribution is 7.80. The molecular weight excluding hydrogens is 423 g/mol. The molecule has 0 aromatic heterocycles. The quantitative estimate of drug-likeness (QED) is 0.489. The minimum absolute atomic E-state index is 0.650. The van der Waals surface area contributed by atoms with Gasteiger partial charge in [0.15, 0.2) is 0 Å². The second kappa shape index (κ2) is 10.7. The van der Waals surface area contributed by atoms with Gasteiger partial charge in [-0.05, 0) is 63.4 Å². The van der Waals surface area contributed by atoms with Crippen LogP contribution in [-0.2, 0) is 0 Å². The first-order valence-corrected chi connectivity index (χ1v) is 13.8. The van der Waals surface area contributed by atoms with Crippen molar-refractivity contribution in [1.29, 1.82) is 0 Å². The van der Waals surface area contributed by atoms with Crippen molar-refractivity contribution in [3.63, 3.8) is 0 Å². The smallest absolute Gasteiger partial charge is 0.142 e. The average Bonchev–Trinajstić information content (AvgIpc) is 2.90. The number of rotatable bonds is 6. The molecule has 0 N–H and O–H groups in total. The predicted octanol–water partition coefficient (Wildman–Crippen LogP) is 4.91. The lowest BCUT2D eigenvalue weighted by Gasteiger charge is -2.43. The summed E-state index contributed by atoms with van der Waals surface area (Å²) in [6.07, 6.45) is 6.65. The molecule has 0 spiro atoms. The topological polar surface area (TPSA) is 15.7 Å². The van der Waals surface area contributed by atoms with Gasteiger partial charge in [-0.1, -0.05) is 79.2 Å². The first kappa shape index (κ1) is 22.4. The zero-order valence-corrected chi connectivity index (χ0v) is 20.6. The van der Waals surface area contributed by atoms with Crippen LogP contribution < -0.4 is 25.6 Å². The van der Waals surface area contributed by atoms with Crippen molar-refractivity contribution in [2.45, 2.75) is 38.1 Å². The van der Waals surface area contributed by atoms with E-state index in [9.17, 15) is 0 Å². The van der Waals surface area contributed by atoms with Gasteiger partial charge in [0.2, 0.25) is 0 Å². The van der Waals surface area contributed by atoms with Crippen molar-refractivity contribution >= 4 is 29.5 Å². The molecule has 0 aliphatic carbocycles. The fourth-order valence-electron chi connectivity index (χ4n) is 5.49. The van der Waals surface area contributed by atoms with E-state index >= 15 is 0 Å². The van der Waals surface area contributed by atoms with Crippen LogP contribution in [0.3, 0.4) is 0 Å². The minimum Gasteiger partial charge on any atom is -0.495 e. The molecule has 0 saturated carbocycles. The number of piperidine rings is 2. The molecule has 2 aliphatic heterocycles. The Kier molecular flexibility index (Phi) is 7.29. The van der Waals surface area contributed by atoms with Crippen molar-refractivity contribution in [1.82, 2.24) is 4.90 Å². The molecule has 3 nitrogen and oxygen atoms in total. The van der Waals surface area contributed by atoms with Crippen LogP contribution in [0.1, 0.15) is 32.1 Å². The van der Waals surface area contributed by atoms with Gasteiger partial charge in [-0.15, -0.1) is 0 Å². The zero-order valence-electron chi connectivity index (χ0n) is 19.7. The van der Waals surface area contributed by atoms with Crippen molar-refractivity contribution in [3.05, 3.63) is 78.9 Å². The third-order valence-corrected chi connectivity index (χ3v) is 9.56. The summed E-state index contributed by atoms with van der Waals surface area (Å²) in [5.41, 5.74) is 1.31. The number of para-hydroxylation sites is 1. The number of methoxy groups -OCH3 is 1. The van der Waals surface area contributed by atoms with Crippen molar-refractivity contribution < 1.29 is 4.74 Å². The first-order valence-electron chi connectivity index (χ1n) is 12.4. The van der Waals surface area contributed by atoms with Crippen molar-refractivity contribution in [2.75, 3.05) is 38.2 Å². The number of ether oxygens (including phenoxy) is 1. The van der Waals surface area contributed by atoms with Crippen LogP contribution in [-0.4, -0.2) is 44.2 Å². The predicted molar refractivity (Wildman–Crippen MR) is 142 cm³/mol. The van der Waals surface area contributed by atoms with Gasteiger partial charge < -0.3 is 9.64 Å². The molecule has 2 saturated heterocycles. The lowest BCUT2D eigenvalue weighted by atomic mass is 10.00. The summed E-state index contributed by atoms with van der Waals surface area (Å²) in [5.74, 6) is 1.01. The monoisotopic (exact) mass is 458 g/mol. The molecule has 0 unspecified atom stereocenters. The van der Waals surface area contributed by atoms with Crippen molar-refractivity contribution in [2.24, 2.45) is 0 Å². The Morgan fingerprint density at radius 2 is 1.39 bits per heavy atom. The van der Waals surface area contributed by atoms with Gasteiger partial charge in [0.25, 0.3) is 0 Å². The summed E-state index contributed by atoms with van der Waals surface area (Å²) in [4.78, 5) is 5.39. The first-order chi connectivity index (χ1) is 16.3. The number of hydrogen-bond donors (Lipinski definition) is 0. The second-order valence-electron chi connectivity index (χ2n) is 9.17. The molecule has 1 atom stereocenters. The number of hydrogen-bond acceptors (Lipinski definition) is 3. The van der Waals surface area contributed by atoms with E-state index in [0.717, 1.165) is 18.8 Å². The maximum Gasteiger partial charge on any atom is 0.142 e. The van der Waals surface area contributed by atoms with Gasteiger partial charge in [0.1, 0.15) is 5.75 Å². The van der Waals surface area contributed by atoms with Gasteiger partial charge in [-0.25, -0.2) is 0 Å².